The van der Waals surface area contributed by atoms with Gasteiger partial charge in [-0.3, -0.25) is 9.59 Å². The summed E-state index contributed by atoms with van der Waals surface area (Å²) in [6, 6.07) is 7.68. The molecule has 0 aliphatic heterocycles. The van der Waals surface area contributed by atoms with Crippen molar-refractivity contribution in [2.24, 2.45) is 0 Å². The molecule has 0 saturated carbocycles. The third-order valence-corrected chi connectivity index (χ3v) is 5.80. The van der Waals surface area contributed by atoms with Crippen molar-refractivity contribution in [1.29, 1.82) is 0 Å². The zero-order valence-electron chi connectivity index (χ0n) is 21.7. The molecule has 0 heterocycles. The second-order valence-corrected chi connectivity index (χ2v) is 9.05. The summed E-state index contributed by atoms with van der Waals surface area (Å²) in [7, 11) is 0. The summed E-state index contributed by atoms with van der Waals surface area (Å²) in [6.45, 7) is 7.53. The molecule has 0 saturated heterocycles. The lowest BCUT2D eigenvalue weighted by atomic mass is 10.0. The highest BCUT2D eigenvalue weighted by Gasteiger charge is 2.11. The van der Waals surface area contributed by atoms with Crippen molar-refractivity contribution in [1.82, 2.24) is 0 Å². The van der Waals surface area contributed by atoms with E-state index in [0.717, 1.165) is 31.1 Å². The lowest BCUT2D eigenvalue weighted by Crippen LogP contribution is -2.29. The third kappa shape index (κ3) is 18.3. The van der Waals surface area contributed by atoms with Crippen LogP contribution in [0.2, 0.25) is 0 Å². The monoisotopic (exact) mass is 463 g/mol. The molecule has 1 rings (SSSR count). The second-order valence-electron chi connectivity index (χ2n) is 9.05. The summed E-state index contributed by atoms with van der Waals surface area (Å²) >= 11 is 0. The number of unbranched alkanes of at least 4 members (excludes halogenated alkanes) is 13. The van der Waals surface area contributed by atoms with Gasteiger partial charge in [0.25, 0.3) is 5.97 Å². The lowest BCUT2D eigenvalue weighted by molar-refractivity contribution is -0.134. The first-order chi connectivity index (χ1) is 15.8. The summed E-state index contributed by atoms with van der Waals surface area (Å²) in [5.41, 5.74) is 1.81. The van der Waals surface area contributed by atoms with Crippen LogP contribution in [-0.2, 0) is 9.59 Å². The fourth-order valence-electron chi connectivity index (χ4n) is 3.87. The molecular weight excluding hydrogens is 414 g/mol. The lowest BCUT2D eigenvalue weighted by Gasteiger charge is -2.21. The Morgan fingerprint density at radius 1 is 0.758 bits per heavy atom. The Kier molecular flexibility index (Phi) is 19.5. The van der Waals surface area contributed by atoms with Gasteiger partial charge >= 0.3 is 0 Å². The number of aliphatic hydroxyl groups is 1. The highest BCUT2D eigenvalue weighted by atomic mass is 16.4. The van der Waals surface area contributed by atoms with Crippen molar-refractivity contribution in [3.63, 3.8) is 0 Å². The molecule has 1 atom stereocenters. The Hall–Kier alpha value is -1.88. The Balaban J connectivity index is 0.00000235. The van der Waals surface area contributed by atoms with Crippen molar-refractivity contribution in [3.8, 4) is 0 Å². The van der Waals surface area contributed by atoms with Gasteiger partial charge < -0.3 is 15.1 Å². The number of nitrogens with zero attached hydrogens (tertiary/aromatic N) is 1. The van der Waals surface area contributed by atoms with Crippen LogP contribution in [0.1, 0.15) is 129 Å². The predicted molar refractivity (Wildman–Crippen MR) is 139 cm³/mol. The van der Waals surface area contributed by atoms with E-state index >= 15 is 0 Å². The van der Waals surface area contributed by atoms with Crippen molar-refractivity contribution in [2.45, 2.75) is 124 Å². The molecular formula is C28H49NO4. The Morgan fingerprint density at radius 2 is 1.12 bits per heavy atom. The van der Waals surface area contributed by atoms with Crippen LogP contribution in [0.25, 0.3) is 0 Å². The molecule has 1 aromatic carbocycles. The summed E-state index contributed by atoms with van der Waals surface area (Å²) < 4.78 is 0. The van der Waals surface area contributed by atoms with Crippen LogP contribution in [0, 0.1) is 0 Å². The van der Waals surface area contributed by atoms with Crippen molar-refractivity contribution in [3.05, 3.63) is 29.8 Å². The first kappa shape index (κ1) is 31.1. The smallest absolute Gasteiger partial charge is 0.300 e. The number of amides is 1. The van der Waals surface area contributed by atoms with Gasteiger partial charge in [-0.1, -0.05) is 103 Å². The molecule has 0 aromatic heterocycles. The summed E-state index contributed by atoms with van der Waals surface area (Å²) in [5, 5.41) is 17.0. The number of hydrogen-bond donors (Lipinski definition) is 2. The normalized spacial score (nSPS) is 11.4. The average molecular weight is 464 g/mol. The predicted octanol–water partition coefficient (Wildman–Crippen LogP) is 7.67. The van der Waals surface area contributed by atoms with Crippen LogP contribution in [-0.4, -0.2) is 28.6 Å². The standard InChI is InChI=1S/C26H45NO2.C2H4O2/c1-4-5-6-7-8-9-10-11-12-13-14-15-16-17-22-27(24(3)29)26-20-18-25(19-21-26)23(2)28;1-2(3)4/h18-21,23,28H,4-17,22H2,1-3H3;1H3,(H,3,4). The number of rotatable bonds is 17. The van der Waals surface area contributed by atoms with Gasteiger partial charge in [-0.2, -0.15) is 0 Å². The number of aliphatic hydroxyl groups excluding tert-OH is 1. The number of carbonyl (C=O) groups is 2. The van der Waals surface area contributed by atoms with E-state index in [4.69, 9.17) is 9.90 Å². The minimum atomic E-state index is -0.833. The molecule has 5 heteroatoms. The molecule has 0 bridgehead atoms. The molecule has 1 amide bonds. The summed E-state index contributed by atoms with van der Waals surface area (Å²) in [5.74, 6) is -0.746. The van der Waals surface area contributed by atoms with Gasteiger partial charge in [0.1, 0.15) is 0 Å². The van der Waals surface area contributed by atoms with Crippen molar-refractivity contribution < 1.29 is 19.8 Å². The Bertz CT molecular complexity index is 609. The van der Waals surface area contributed by atoms with E-state index in [-0.39, 0.29) is 5.91 Å². The van der Waals surface area contributed by atoms with Crippen LogP contribution in [0.3, 0.4) is 0 Å². The van der Waals surface area contributed by atoms with Gasteiger partial charge in [-0.15, -0.1) is 0 Å². The van der Waals surface area contributed by atoms with Gasteiger partial charge in [0, 0.05) is 26.1 Å². The van der Waals surface area contributed by atoms with Crippen LogP contribution < -0.4 is 4.90 Å². The van der Waals surface area contributed by atoms with E-state index in [2.05, 4.69) is 6.92 Å². The quantitative estimate of drug-likeness (QED) is 0.232. The van der Waals surface area contributed by atoms with Crippen LogP contribution in [0.15, 0.2) is 24.3 Å². The highest BCUT2D eigenvalue weighted by Crippen LogP contribution is 2.20. The number of anilines is 1. The van der Waals surface area contributed by atoms with E-state index in [9.17, 15) is 9.90 Å². The molecule has 2 N–H and O–H groups in total. The minimum absolute atomic E-state index is 0.0875. The number of benzene rings is 1. The first-order valence-corrected chi connectivity index (χ1v) is 13.0. The molecule has 190 valence electrons. The average Bonchev–Trinajstić information content (AvgIpc) is 2.76. The van der Waals surface area contributed by atoms with Crippen molar-refractivity contribution in [2.75, 3.05) is 11.4 Å². The topological polar surface area (TPSA) is 77.8 Å². The van der Waals surface area contributed by atoms with Gasteiger partial charge in [0.05, 0.1) is 6.10 Å². The molecule has 0 aliphatic rings. The molecule has 1 aromatic rings. The van der Waals surface area contributed by atoms with Crippen LogP contribution in [0.4, 0.5) is 5.69 Å². The zero-order chi connectivity index (χ0) is 24.9. The number of aliphatic carboxylic acids is 1. The third-order valence-electron chi connectivity index (χ3n) is 5.80. The van der Waals surface area contributed by atoms with Crippen molar-refractivity contribution >= 4 is 17.6 Å². The largest absolute Gasteiger partial charge is 0.481 e. The van der Waals surface area contributed by atoms with E-state index in [1.54, 1.807) is 13.8 Å². The Morgan fingerprint density at radius 3 is 1.45 bits per heavy atom. The number of carboxylic acids is 1. The van der Waals surface area contributed by atoms with E-state index in [1.807, 2.05) is 29.2 Å². The molecule has 0 spiro atoms. The fraction of sp³-hybridized carbons (Fsp3) is 0.714. The molecule has 1 unspecified atom stereocenters. The van der Waals surface area contributed by atoms with Crippen LogP contribution in [0.5, 0.6) is 0 Å². The molecule has 33 heavy (non-hydrogen) atoms. The number of hydrogen-bond acceptors (Lipinski definition) is 3. The van der Waals surface area contributed by atoms with Crippen LogP contribution >= 0.6 is 0 Å². The minimum Gasteiger partial charge on any atom is -0.481 e. The summed E-state index contributed by atoms with van der Waals surface area (Å²) in [6.07, 6.45) is 18.3. The molecule has 5 nitrogen and oxygen atoms in total. The maximum absolute atomic E-state index is 12.0. The van der Waals surface area contributed by atoms with Gasteiger partial charge in [0.15, 0.2) is 0 Å². The highest BCUT2D eigenvalue weighted by molar-refractivity contribution is 5.91. The summed E-state index contributed by atoms with van der Waals surface area (Å²) in [4.78, 5) is 22.9. The molecule has 0 fully saturated rings. The number of carboxylic acid groups (broad SMARTS) is 1. The Labute approximate surface area is 202 Å². The van der Waals surface area contributed by atoms with Gasteiger partial charge in [-0.25, -0.2) is 0 Å². The molecule has 0 radical (unpaired) electrons. The molecule has 0 aliphatic carbocycles. The first-order valence-electron chi connectivity index (χ1n) is 13.0. The second kappa shape index (κ2) is 20.7. The zero-order valence-corrected chi connectivity index (χ0v) is 21.7. The maximum atomic E-state index is 12.0. The van der Waals surface area contributed by atoms with Gasteiger partial charge in [0.2, 0.25) is 5.91 Å². The van der Waals surface area contributed by atoms with E-state index < -0.39 is 12.1 Å². The number of carbonyl (C=O) groups excluding carboxylic acids is 1. The maximum Gasteiger partial charge on any atom is 0.300 e. The fourth-order valence-corrected chi connectivity index (χ4v) is 3.87. The van der Waals surface area contributed by atoms with E-state index in [1.165, 1.54) is 83.5 Å². The SMILES string of the molecule is CC(=O)O.CCCCCCCCCCCCCCCCN(C(C)=O)c1ccc(C(C)O)cc1. The van der Waals surface area contributed by atoms with E-state index in [0.29, 0.717) is 0 Å². The van der Waals surface area contributed by atoms with Gasteiger partial charge in [-0.05, 0) is 31.0 Å².